The maximum absolute atomic E-state index is 10.2. The van der Waals surface area contributed by atoms with Gasteiger partial charge in [0, 0.05) is 11.6 Å². The summed E-state index contributed by atoms with van der Waals surface area (Å²) in [5, 5.41) is 10.2. The zero-order chi connectivity index (χ0) is 13.9. The third kappa shape index (κ3) is 3.72. The molecule has 2 atom stereocenters. The summed E-state index contributed by atoms with van der Waals surface area (Å²) < 4.78 is 5.78. The van der Waals surface area contributed by atoms with Crippen LogP contribution in [-0.2, 0) is 0 Å². The van der Waals surface area contributed by atoms with Crippen LogP contribution in [0.15, 0.2) is 18.2 Å². The molecule has 0 aliphatic rings. The van der Waals surface area contributed by atoms with E-state index in [9.17, 15) is 5.11 Å². The largest absolute Gasteiger partial charge is 0.490 e. The Hall–Kier alpha value is -1.06. The van der Waals surface area contributed by atoms with Crippen LogP contribution in [-0.4, -0.2) is 17.3 Å². The summed E-state index contributed by atoms with van der Waals surface area (Å²) in [5.74, 6) is 0.909. The molecule has 0 radical (unpaired) electrons. The van der Waals surface area contributed by atoms with Gasteiger partial charge in [-0.15, -0.1) is 0 Å². The van der Waals surface area contributed by atoms with Crippen LogP contribution >= 0.6 is 0 Å². The molecule has 3 N–H and O–H groups in total. The lowest BCUT2D eigenvalue weighted by Crippen LogP contribution is -2.38. The van der Waals surface area contributed by atoms with Gasteiger partial charge in [-0.3, -0.25) is 0 Å². The summed E-state index contributed by atoms with van der Waals surface area (Å²) in [6, 6.07) is 5.89. The van der Waals surface area contributed by atoms with Gasteiger partial charge >= 0.3 is 0 Å². The number of benzene rings is 1. The molecule has 0 aromatic heterocycles. The van der Waals surface area contributed by atoms with Gasteiger partial charge in [0.15, 0.2) is 0 Å². The highest BCUT2D eigenvalue weighted by Gasteiger charge is 2.26. The molecule has 0 bridgehead atoms. The number of ether oxygens (including phenoxy) is 1. The Morgan fingerprint density at radius 1 is 1.33 bits per heavy atom. The zero-order valence-electron chi connectivity index (χ0n) is 12.0. The number of nitrogens with two attached hydrogens (primary N) is 1. The van der Waals surface area contributed by atoms with Gasteiger partial charge in [-0.05, 0) is 38.3 Å². The van der Waals surface area contributed by atoms with Gasteiger partial charge in [-0.2, -0.15) is 0 Å². The molecule has 3 heteroatoms. The van der Waals surface area contributed by atoms with E-state index in [1.807, 2.05) is 45.9 Å². The zero-order valence-corrected chi connectivity index (χ0v) is 12.0. The molecule has 0 aliphatic carbocycles. The van der Waals surface area contributed by atoms with Gasteiger partial charge < -0.3 is 15.6 Å². The minimum absolute atomic E-state index is 0.0791. The molecule has 0 saturated carbocycles. The first-order valence-electron chi connectivity index (χ1n) is 6.45. The normalized spacial score (nSPS) is 16.4. The van der Waals surface area contributed by atoms with Gasteiger partial charge in [0.1, 0.15) is 12.4 Å². The Morgan fingerprint density at radius 2 is 1.94 bits per heavy atom. The Kier molecular flexibility index (Phi) is 4.77. The van der Waals surface area contributed by atoms with Crippen LogP contribution < -0.4 is 10.5 Å². The lowest BCUT2D eigenvalue weighted by atomic mass is 9.93. The van der Waals surface area contributed by atoms with Crippen LogP contribution in [0, 0.1) is 12.8 Å². The summed E-state index contributed by atoms with van der Waals surface area (Å²) in [6.07, 6.45) is 0. The van der Waals surface area contributed by atoms with Crippen LogP contribution in [0.25, 0.3) is 0 Å². The second-order valence-corrected chi connectivity index (χ2v) is 5.63. The molecule has 1 unspecified atom stereocenters. The molecule has 1 rings (SSSR count). The van der Waals surface area contributed by atoms with Crippen LogP contribution in [0.3, 0.4) is 0 Å². The molecular formula is C15H25NO2. The number of hydrogen-bond acceptors (Lipinski definition) is 3. The molecule has 0 amide bonds. The average Bonchev–Trinajstić information content (AvgIpc) is 2.26. The van der Waals surface area contributed by atoms with E-state index in [1.165, 1.54) is 0 Å². The van der Waals surface area contributed by atoms with Gasteiger partial charge in [-0.25, -0.2) is 0 Å². The maximum atomic E-state index is 10.2. The first-order valence-corrected chi connectivity index (χ1v) is 6.45. The minimum atomic E-state index is -0.834. The van der Waals surface area contributed by atoms with Crippen LogP contribution in [0.4, 0.5) is 0 Å². The quantitative estimate of drug-likeness (QED) is 0.846. The van der Waals surface area contributed by atoms with E-state index < -0.39 is 5.60 Å². The van der Waals surface area contributed by atoms with Gasteiger partial charge in [0.2, 0.25) is 0 Å². The molecule has 3 nitrogen and oxygen atoms in total. The van der Waals surface area contributed by atoms with Crippen molar-refractivity contribution in [2.75, 3.05) is 6.61 Å². The first kappa shape index (κ1) is 15.0. The van der Waals surface area contributed by atoms with Crippen molar-refractivity contribution in [2.24, 2.45) is 11.7 Å². The minimum Gasteiger partial charge on any atom is -0.490 e. The Morgan fingerprint density at radius 3 is 2.44 bits per heavy atom. The number of hydrogen-bond donors (Lipinski definition) is 2. The smallest absolute Gasteiger partial charge is 0.124 e. The summed E-state index contributed by atoms with van der Waals surface area (Å²) >= 11 is 0. The molecule has 0 spiro atoms. The lowest BCUT2D eigenvalue weighted by molar-refractivity contribution is -0.0269. The molecule has 1 aromatic carbocycles. The van der Waals surface area contributed by atoms with E-state index in [4.69, 9.17) is 10.5 Å². The number of aliphatic hydroxyl groups is 1. The van der Waals surface area contributed by atoms with Crippen molar-refractivity contribution in [2.45, 2.75) is 46.3 Å². The van der Waals surface area contributed by atoms with E-state index in [1.54, 1.807) is 6.92 Å². The summed E-state index contributed by atoms with van der Waals surface area (Å²) in [7, 11) is 0. The van der Waals surface area contributed by atoms with Crippen molar-refractivity contribution in [3.8, 4) is 5.75 Å². The van der Waals surface area contributed by atoms with Crippen molar-refractivity contribution in [3.63, 3.8) is 0 Å². The second kappa shape index (κ2) is 5.72. The number of rotatable bonds is 5. The highest BCUT2D eigenvalue weighted by atomic mass is 16.5. The summed E-state index contributed by atoms with van der Waals surface area (Å²) in [6.45, 7) is 9.96. The fraction of sp³-hybridized carbons (Fsp3) is 0.600. The van der Waals surface area contributed by atoms with E-state index >= 15 is 0 Å². The predicted molar refractivity (Wildman–Crippen MR) is 74.7 cm³/mol. The predicted octanol–water partition coefficient (Wildman–Crippen LogP) is 2.80. The molecule has 0 fully saturated rings. The molecule has 0 aliphatic heterocycles. The van der Waals surface area contributed by atoms with Crippen LogP contribution in [0.5, 0.6) is 5.75 Å². The Labute approximate surface area is 110 Å². The average molecular weight is 251 g/mol. The van der Waals surface area contributed by atoms with Crippen LogP contribution in [0.2, 0.25) is 0 Å². The van der Waals surface area contributed by atoms with Crippen molar-refractivity contribution >= 4 is 0 Å². The lowest BCUT2D eigenvalue weighted by Gasteiger charge is -2.28. The summed E-state index contributed by atoms with van der Waals surface area (Å²) in [5.41, 5.74) is 7.18. The number of aryl methyl sites for hydroxylation is 1. The summed E-state index contributed by atoms with van der Waals surface area (Å²) in [4.78, 5) is 0. The third-order valence-corrected chi connectivity index (χ3v) is 3.42. The SMILES string of the molecule is Cc1ccc([C@H](C)N)c(OCC(C)(O)C(C)C)c1. The van der Waals surface area contributed by atoms with E-state index in [2.05, 4.69) is 0 Å². The highest BCUT2D eigenvalue weighted by molar-refractivity contribution is 5.39. The maximum Gasteiger partial charge on any atom is 0.124 e. The van der Waals surface area contributed by atoms with Crippen LogP contribution in [0.1, 0.15) is 44.9 Å². The van der Waals surface area contributed by atoms with Gasteiger partial charge in [0.05, 0.1) is 5.60 Å². The standard InChI is InChI=1S/C15H25NO2/c1-10(2)15(5,17)9-18-14-8-11(3)6-7-13(14)12(4)16/h6-8,10,12,17H,9,16H2,1-5H3/t12-,15?/m0/s1. The molecule has 18 heavy (non-hydrogen) atoms. The highest BCUT2D eigenvalue weighted by Crippen LogP contribution is 2.27. The van der Waals surface area contributed by atoms with Crippen molar-refractivity contribution in [3.05, 3.63) is 29.3 Å². The Balaban J connectivity index is 2.87. The van der Waals surface area contributed by atoms with E-state index in [0.29, 0.717) is 0 Å². The molecule has 0 heterocycles. The van der Waals surface area contributed by atoms with Crippen molar-refractivity contribution in [1.82, 2.24) is 0 Å². The second-order valence-electron chi connectivity index (χ2n) is 5.63. The van der Waals surface area contributed by atoms with Crippen molar-refractivity contribution < 1.29 is 9.84 Å². The first-order chi connectivity index (χ1) is 8.24. The fourth-order valence-corrected chi connectivity index (χ4v) is 1.53. The third-order valence-electron chi connectivity index (χ3n) is 3.42. The fourth-order valence-electron chi connectivity index (χ4n) is 1.53. The van der Waals surface area contributed by atoms with E-state index in [0.717, 1.165) is 16.9 Å². The topological polar surface area (TPSA) is 55.5 Å². The molecule has 0 saturated heterocycles. The monoisotopic (exact) mass is 251 g/mol. The molecular weight excluding hydrogens is 226 g/mol. The van der Waals surface area contributed by atoms with Gasteiger partial charge in [0.25, 0.3) is 0 Å². The van der Waals surface area contributed by atoms with Crippen molar-refractivity contribution in [1.29, 1.82) is 0 Å². The molecule has 1 aromatic rings. The Bertz CT molecular complexity index is 397. The molecule has 102 valence electrons. The van der Waals surface area contributed by atoms with E-state index in [-0.39, 0.29) is 18.6 Å². The van der Waals surface area contributed by atoms with Gasteiger partial charge in [-0.1, -0.05) is 26.0 Å².